The van der Waals surface area contributed by atoms with Gasteiger partial charge in [-0.05, 0) is 31.0 Å². The van der Waals surface area contributed by atoms with Crippen molar-refractivity contribution in [3.8, 4) is 0 Å². The summed E-state index contributed by atoms with van der Waals surface area (Å²) in [6.45, 7) is 2.70. The normalized spacial score (nSPS) is 12.0. The highest BCUT2D eigenvalue weighted by atomic mass is 35.5. The van der Waals surface area contributed by atoms with Crippen LogP contribution in [0.15, 0.2) is 42.5 Å². The van der Waals surface area contributed by atoms with E-state index in [-0.39, 0.29) is 23.5 Å². The summed E-state index contributed by atoms with van der Waals surface area (Å²) in [4.78, 5) is 11.9. The smallest absolute Gasteiger partial charge is 0.275 e. The Hall–Kier alpha value is -1.62. The van der Waals surface area contributed by atoms with Crippen LogP contribution in [-0.2, 0) is 11.2 Å². The maximum absolute atomic E-state index is 13.6. The van der Waals surface area contributed by atoms with Crippen LogP contribution in [-0.4, -0.2) is 19.0 Å². The number of amides is 1. The van der Waals surface area contributed by atoms with Crippen LogP contribution in [0.5, 0.6) is 0 Å². The molecule has 0 bridgehead atoms. The second-order valence-electron chi connectivity index (χ2n) is 5.60. The Kier molecular flexibility index (Phi) is 7.03. The van der Waals surface area contributed by atoms with Crippen molar-refractivity contribution in [3.05, 3.63) is 69.5 Å². The fraction of sp³-hybridized carbons (Fsp3) is 0.278. The van der Waals surface area contributed by atoms with Crippen LogP contribution < -0.4 is 10.6 Å². The lowest BCUT2D eigenvalue weighted by Gasteiger charge is -2.13. The molecule has 2 aromatic rings. The molecule has 6 heteroatoms. The van der Waals surface area contributed by atoms with Crippen LogP contribution in [0, 0.1) is 5.82 Å². The number of nitrogens with one attached hydrogen (secondary N) is 1. The Labute approximate surface area is 151 Å². The zero-order valence-corrected chi connectivity index (χ0v) is 14.9. The zero-order chi connectivity index (χ0) is 17.5. The third kappa shape index (κ3) is 5.48. The molecule has 0 aliphatic heterocycles. The molecule has 1 amide bonds. The predicted molar refractivity (Wildman–Crippen MR) is 94.8 cm³/mol. The second kappa shape index (κ2) is 9.02. The van der Waals surface area contributed by atoms with Gasteiger partial charge < -0.3 is 10.6 Å². The van der Waals surface area contributed by atoms with Crippen molar-refractivity contribution >= 4 is 29.1 Å². The number of carbonyl (C=O) groups excluding carboxylic acids is 1. The fourth-order valence-electron chi connectivity index (χ4n) is 2.36. The molecular weight excluding hydrogens is 350 g/mol. The standard InChI is InChI=1S/C18H19Cl2FN2O/c1-12(14-9-17(21)16(20)10-15(14)19)23-11-18(24)22-8-7-13-5-3-2-4-6-13/h2-6,9-10,12,23H,7-8,11H2,1H3,(H,22,24)/p+1/t12-/m1/s1. The lowest BCUT2D eigenvalue weighted by atomic mass is 10.1. The van der Waals surface area contributed by atoms with Gasteiger partial charge in [-0.3, -0.25) is 4.79 Å². The van der Waals surface area contributed by atoms with Crippen molar-refractivity contribution < 1.29 is 14.5 Å². The molecule has 2 rings (SSSR count). The Morgan fingerprint density at radius 3 is 2.62 bits per heavy atom. The number of rotatable bonds is 7. The number of nitrogens with two attached hydrogens (primary N) is 1. The van der Waals surface area contributed by atoms with Gasteiger partial charge in [-0.15, -0.1) is 0 Å². The van der Waals surface area contributed by atoms with E-state index in [0.717, 1.165) is 6.42 Å². The van der Waals surface area contributed by atoms with Gasteiger partial charge in [-0.25, -0.2) is 4.39 Å². The number of benzene rings is 2. The number of halogens is 3. The van der Waals surface area contributed by atoms with Crippen molar-refractivity contribution in [1.29, 1.82) is 0 Å². The van der Waals surface area contributed by atoms with E-state index in [2.05, 4.69) is 5.32 Å². The number of hydrogen-bond acceptors (Lipinski definition) is 1. The minimum atomic E-state index is -0.511. The molecule has 1 atom stereocenters. The van der Waals surface area contributed by atoms with Crippen molar-refractivity contribution in [3.63, 3.8) is 0 Å². The molecule has 3 N–H and O–H groups in total. The van der Waals surface area contributed by atoms with Gasteiger partial charge in [0.05, 0.1) is 10.0 Å². The minimum absolute atomic E-state index is 0.00500. The number of quaternary nitrogens is 1. The topological polar surface area (TPSA) is 45.7 Å². The monoisotopic (exact) mass is 369 g/mol. The predicted octanol–water partition coefficient (Wildman–Crippen LogP) is 3.12. The molecule has 0 heterocycles. The Morgan fingerprint density at radius 1 is 1.21 bits per heavy atom. The van der Waals surface area contributed by atoms with Crippen LogP contribution in [0.4, 0.5) is 4.39 Å². The summed E-state index contributed by atoms with van der Waals surface area (Å²) in [5.74, 6) is -0.577. The van der Waals surface area contributed by atoms with Crippen LogP contribution >= 0.6 is 23.2 Å². The van der Waals surface area contributed by atoms with Crippen molar-refractivity contribution in [2.75, 3.05) is 13.1 Å². The van der Waals surface area contributed by atoms with E-state index in [0.29, 0.717) is 17.1 Å². The maximum Gasteiger partial charge on any atom is 0.275 e. The van der Waals surface area contributed by atoms with Gasteiger partial charge in [0.25, 0.3) is 5.91 Å². The lowest BCUT2D eigenvalue weighted by Crippen LogP contribution is -2.87. The minimum Gasteiger partial charge on any atom is -0.351 e. The molecule has 128 valence electrons. The molecule has 0 saturated carbocycles. The quantitative estimate of drug-likeness (QED) is 0.723. The first-order valence-corrected chi connectivity index (χ1v) is 8.51. The highest BCUT2D eigenvalue weighted by molar-refractivity contribution is 6.35. The molecule has 0 aliphatic carbocycles. The molecule has 0 radical (unpaired) electrons. The van der Waals surface area contributed by atoms with Gasteiger partial charge in [0.2, 0.25) is 0 Å². The van der Waals surface area contributed by atoms with E-state index in [9.17, 15) is 9.18 Å². The molecule has 24 heavy (non-hydrogen) atoms. The summed E-state index contributed by atoms with van der Waals surface area (Å²) < 4.78 is 13.6. The lowest BCUT2D eigenvalue weighted by molar-refractivity contribution is -0.682. The van der Waals surface area contributed by atoms with Crippen LogP contribution in [0.3, 0.4) is 0 Å². The zero-order valence-electron chi connectivity index (χ0n) is 13.4. The third-order valence-corrected chi connectivity index (χ3v) is 4.38. The van der Waals surface area contributed by atoms with E-state index < -0.39 is 5.82 Å². The molecule has 0 spiro atoms. The van der Waals surface area contributed by atoms with Crippen LogP contribution in [0.25, 0.3) is 0 Å². The van der Waals surface area contributed by atoms with E-state index in [4.69, 9.17) is 23.2 Å². The average molecular weight is 370 g/mol. The first-order valence-electron chi connectivity index (χ1n) is 7.75. The number of carbonyl (C=O) groups is 1. The van der Waals surface area contributed by atoms with Crippen LogP contribution in [0.2, 0.25) is 10.0 Å². The van der Waals surface area contributed by atoms with Gasteiger partial charge in [0.1, 0.15) is 11.9 Å². The Morgan fingerprint density at radius 2 is 1.92 bits per heavy atom. The molecule has 0 fully saturated rings. The second-order valence-corrected chi connectivity index (χ2v) is 6.42. The maximum atomic E-state index is 13.6. The Balaban J connectivity index is 1.78. The largest absolute Gasteiger partial charge is 0.351 e. The van der Waals surface area contributed by atoms with Crippen LogP contribution in [0.1, 0.15) is 24.1 Å². The molecular formula is C18H20Cl2FN2O+. The summed E-state index contributed by atoms with van der Waals surface area (Å²) in [6, 6.07) is 12.5. The van der Waals surface area contributed by atoms with Gasteiger partial charge in [-0.1, -0.05) is 53.5 Å². The third-order valence-electron chi connectivity index (χ3n) is 3.77. The fourth-order valence-corrected chi connectivity index (χ4v) is 2.92. The van der Waals surface area contributed by atoms with Gasteiger partial charge in [0, 0.05) is 12.1 Å². The van der Waals surface area contributed by atoms with Crippen molar-refractivity contribution in [2.45, 2.75) is 19.4 Å². The van der Waals surface area contributed by atoms with E-state index >= 15 is 0 Å². The molecule has 2 aromatic carbocycles. The molecule has 0 aliphatic rings. The summed E-state index contributed by atoms with van der Waals surface area (Å²) in [5, 5.41) is 5.08. The molecule has 0 aromatic heterocycles. The van der Waals surface area contributed by atoms with Gasteiger partial charge in [-0.2, -0.15) is 0 Å². The van der Waals surface area contributed by atoms with Crippen molar-refractivity contribution in [1.82, 2.24) is 5.32 Å². The first kappa shape index (κ1) is 18.7. The highest BCUT2D eigenvalue weighted by Gasteiger charge is 2.17. The van der Waals surface area contributed by atoms with Gasteiger partial charge >= 0.3 is 0 Å². The summed E-state index contributed by atoms with van der Waals surface area (Å²) in [5.41, 5.74) is 1.80. The summed E-state index contributed by atoms with van der Waals surface area (Å²) in [7, 11) is 0. The molecule has 0 saturated heterocycles. The van der Waals surface area contributed by atoms with Gasteiger partial charge in [0.15, 0.2) is 6.54 Å². The average Bonchev–Trinajstić information content (AvgIpc) is 2.57. The molecule has 0 unspecified atom stereocenters. The molecule has 3 nitrogen and oxygen atoms in total. The van der Waals surface area contributed by atoms with E-state index in [1.807, 2.05) is 42.6 Å². The van der Waals surface area contributed by atoms with E-state index in [1.165, 1.54) is 17.7 Å². The number of hydrogen-bond donors (Lipinski definition) is 2. The summed E-state index contributed by atoms with van der Waals surface area (Å²) >= 11 is 11.8. The van der Waals surface area contributed by atoms with E-state index in [1.54, 1.807) is 0 Å². The highest BCUT2D eigenvalue weighted by Crippen LogP contribution is 2.27. The Bertz CT molecular complexity index is 695. The first-order chi connectivity index (χ1) is 11.5. The SMILES string of the molecule is C[C@@H]([NH2+]CC(=O)NCCc1ccccc1)c1cc(F)c(Cl)cc1Cl. The summed E-state index contributed by atoms with van der Waals surface area (Å²) in [6.07, 6.45) is 0.788. The van der Waals surface area contributed by atoms with Crippen molar-refractivity contribution in [2.24, 2.45) is 0 Å².